The topological polar surface area (TPSA) is 13.1 Å². The first-order valence-electron chi connectivity index (χ1n) is 17.5. The van der Waals surface area contributed by atoms with Gasteiger partial charge in [0.1, 0.15) is 11.2 Å². The normalized spacial score (nSPS) is 13.6. The first-order chi connectivity index (χ1) is 24.6. The standard InChI is InChI=1S/C49H32O/c1-49(2)41-25-11-14-29-28-40(37-22-13-26-42(49)47(37)44(29)41)46-35-20-7-5-18-33(35)45(34-19-6-8-21-36(34)46)32-17-4-3-15-30(32)38-23-12-24-39-31-16-9-10-27-43(31)50-48(38)39/h3-28H,1-2H3. The van der Waals surface area contributed by atoms with E-state index < -0.39 is 0 Å². The number of rotatable bonds is 3. The Morgan fingerprint density at radius 1 is 0.380 bits per heavy atom. The maximum Gasteiger partial charge on any atom is 0.143 e. The summed E-state index contributed by atoms with van der Waals surface area (Å²) >= 11 is 0. The van der Waals surface area contributed by atoms with Gasteiger partial charge >= 0.3 is 0 Å². The highest BCUT2D eigenvalue weighted by molar-refractivity contribution is 6.28. The van der Waals surface area contributed by atoms with E-state index in [4.69, 9.17) is 4.42 Å². The average Bonchev–Trinajstić information content (AvgIpc) is 3.66. The van der Waals surface area contributed by atoms with E-state index in [1.54, 1.807) is 0 Å². The monoisotopic (exact) mass is 636 g/mol. The van der Waals surface area contributed by atoms with Crippen molar-refractivity contribution in [2.75, 3.05) is 0 Å². The second-order valence-corrected chi connectivity index (χ2v) is 14.3. The fourth-order valence-corrected chi connectivity index (χ4v) is 9.25. The Morgan fingerprint density at radius 3 is 1.60 bits per heavy atom. The van der Waals surface area contributed by atoms with E-state index in [1.165, 1.54) is 82.0 Å². The van der Waals surface area contributed by atoms with Crippen LogP contribution in [0.5, 0.6) is 0 Å². The summed E-state index contributed by atoms with van der Waals surface area (Å²) in [6, 6.07) is 58.0. The summed E-state index contributed by atoms with van der Waals surface area (Å²) in [6.45, 7) is 4.75. The number of fused-ring (bicyclic) bond motifs is 5. The van der Waals surface area contributed by atoms with Crippen LogP contribution in [0.25, 0.3) is 98.4 Å². The van der Waals surface area contributed by atoms with Crippen molar-refractivity contribution in [1.29, 1.82) is 0 Å². The number of para-hydroxylation sites is 2. The number of hydrogen-bond acceptors (Lipinski definition) is 1. The van der Waals surface area contributed by atoms with Crippen molar-refractivity contribution >= 4 is 65.0 Å². The Hall–Kier alpha value is -6.18. The van der Waals surface area contributed by atoms with Crippen molar-refractivity contribution in [2.24, 2.45) is 0 Å². The minimum atomic E-state index is -0.0413. The van der Waals surface area contributed by atoms with E-state index in [-0.39, 0.29) is 5.41 Å². The average molecular weight is 637 g/mol. The van der Waals surface area contributed by atoms with Gasteiger partial charge in [-0.05, 0) is 94.2 Å². The number of furan rings is 1. The van der Waals surface area contributed by atoms with Crippen molar-refractivity contribution < 1.29 is 4.42 Å². The molecule has 50 heavy (non-hydrogen) atoms. The largest absolute Gasteiger partial charge is 0.455 e. The van der Waals surface area contributed by atoms with Gasteiger partial charge in [-0.15, -0.1) is 0 Å². The van der Waals surface area contributed by atoms with E-state index in [9.17, 15) is 0 Å². The first-order valence-corrected chi connectivity index (χ1v) is 17.5. The molecule has 0 radical (unpaired) electrons. The molecule has 0 saturated carbocycles. The van der Waals surface area contributed by atoms with Gasteiger partial charge in [0.25, 0.3) is 0 Å². The molecule has 0 aliphatic heterocycles. The minimum Gasteiger partial charge on any atom is -0.455 e. The molecule has 0 spiro atoms. The zero-order chi connectivity index (χ0) is 33.1. The summed E-state index contributed by atoms with van der Waals surface area (Å²) in [5, 5.41) is 12.8. The zero-order valence-corrected chi connectivity index (χ0v) is 27.9. The molecule has 1 heteroatoms. The maximum atomic E-state index is 6.59. The molecule has 0 unspecified atom stereocenters. The molecule has 0 bridgehead atoms. The van der Waals surface area contributed by atoms with Gasteiger partial charge in [0.05, 0.1) is 0 Å². The van der Waals surface area contributed by atoms with Crippen molar-refractivity contribution in [1.82, 2.24) is 0 Å². The van der Waals surface area contributed by atoms with Crippen LogP contribution in [0.1, 0.15) is 25.0 Å². The molecule has 10 aromatic rings. The Kier molecular flexibility index (Phi) is 5.51. The van der Waals surface area contributed by atoms with Gasteiger partial charge < -0.3 is 4.42 Å². The molecule has 1 aromatic heterocycles. The van der Waals surface area contributed by atoms with E-state index in [0.717, 1.165) is 27.5 Å². The van der Waals surface area contributed by atoms with Crippen molar-refractivity contribution in [2.45, 2.75) is 19.3 Å². The van der Waals surface area contributed by atoms with Gasteiger partial charge in [-0.3, -0.25) is 0 Å². The number of benzene rings is 9. The predicted molar refractivity (Wildman–Crippen MR) is 212 cm³/mol. The van der Waals surface area contributed by atoms with Gasteiger partial charge in [-0.25, -0.2) is 0 Å². The van der Waals surface area contributed by atoms with Gasteiger partial charge in [-0.1, -0.05) is 159 Å². The molecular formula is C49H32O. The first kappa shape index (κ1) is 27.7. The Balaban J connectivity index is 1.26. The van der Waals surface area contributed by atoms with Crippen LogP contribution >= 0.6 is 0 Å². The van der Waals surface area contributed by atoms with Gasteiger partial charge in [0.2, 0.25) is 0 Å². The molecule has 234 valence electrons. The van der Waals surface area contributed by atoms with Crippen molar-refractivity contribution in [3.8, 4) is 33.4 Å². The van der Waals surface area contributed by atoms with Crippen LogP contribution in [0.4, 0.5) is 0 Å². The van der Waals surface area contributed by atoms with Crippen LogP contribution in [0.2, 0.25) is 0 Å². The third-order valence-electron chi connectivity index (χ3n) is 11.4. The van der Waals surface area contributed by atoms with Crippen LogP contribution in [0, 0.1) is 0 Å². The number of hydrogen-bond donors (Lipinski definition) is 0. The highest BCUT2D eigenvalue weighted by Gasteiger charge is 2.34. The van der Waals surface area contributed by atoms with Crippen LogP contribution < -0.4 is 0 Å². The fourth-order valence-electron chi connectivity index (χ4n) is 9.25. The molecule has 1 aliphatic rings. The summed E-state index contributed by atoms with van der Waals surface area (Å²) in [5.41, 5.74) is 12.0. The predicted octanol–water partition coefficient (Wildman–Crippen LogP) is 13.8. The van der Waals surface area contributed by atoms with E-state index in [2.05, 4.69) is 166 Å². The smallest absolute Gasteiger partial charge is 0.143 e. The zero-order valence-electron chi connectivity index (χ0n) is 27.9. The fraction of sp³-hybridized carbons (Fsp3) is 0.0612. The molecular weight excluding hydrogens is 605 g/mol. The Morgan fingerprint density at radius 2 is 0.880 bits per heavy atom. The van der Waals surface area contributed by atoms with E-state index in [1.807, 2.05) is 6.07 Å². The quantitative estimate of drug-likeness (QED) is 0.139. The Labute approximate surface area is 290 Å². The Bertz CT molecular complexity index is 3010. The third-order valence-corrected chi connectivity index (χ3v) is 11.4. The van der Waals surface area contributed by atoms with E-state index in [0.29, 0.717) is 0 Å². The summed E-state index contributed by atoms with van der Waals surface area (Å²) in [7, 11) is 0. The lowest BCUT2D eigenvalue weighted by atomic mass is 9.81. The molecule has 0 amide bonds. The molecule has 1 aliphatic carbocycles. The highest BCUT2D eigenvalue weighted by atomic mass is 16.3. The minimum absolute atomic E-state index is 0.0413. The second-order valence-electron chi connectivity index (χ2n) is 14.3. The summed E-state index contributed by atoms with van der Waals surface area (Å²) in [4.78, 5) is 0. The lowest BCUT2D eigenvalue weighted by Gasteiger charge is -2.22. The lowest BCUT2D eigenvalue weighted by Crippen LogP contribution is -2.14. The lowest BCUT2D eigenvalue weighted by molar-refractivity contribution is 0.663. The van der Waals surface area contributed by atoms with Crippen LogP contribution in [-0.2, 0) is 5.41 Å². The molecule has 0 atom stereocenters. The van der Waals surface area contributed by atoms with Crippen LogP contribution in [0.3, 0.4) is 0 Å². The second kappa shape index (κ2) is 9.94. The van der Waals surface area contributed by atoms with Gasteiger partial charge in [0, 0.05) is 21.8 Å². The summed E-state index contributed by atoms with van der Waals surface area (Å²) < 4.78 is 6.59. The van der Waals surface area contributed by atoms with Gasteiger partial charge in [0.15, 0.2) is 0 Å². The van der Waals surface area contributed by atoms with Crippen molar-refractivity contribution in [3.63, 3.8) is 0 Å². The van der Waals surface area contributed by atoms with E-state index >= 15 is 0 Å². The molecule has 11 rings (SSSR count). The van der Waals surface area contributed by atoms with Crippen LogP contribution in [-0.4, -0.2) is 0 Å². The molecule has 1 nitrogen and oxygen atoms in total. The molecule has 1 heterocycles. The van der Waals surface area contributed by atoms with Crippen molar-refractivity contribution in [3.05, 3.63) is 169 Å². The highest BCUT2D eigenvalue weighted by Crippen LogP contribution is 2.53. The SMILES string of the molecule is CC1(C)c2cccc3cc(-c4c5ccccc5c(-c5ccccc5-c5cccc6c5oc5ccccc56)c5ccccc45)c4cccc1c4c23. The molecule has 0 saturated heterocycles. The molecule has 0 fully saturated rings. The summed E-state index contributed by atoms with van der Waals surface area (Å²) in [5.74, 6) is 0. The molecule has 0 N–H and O–H groups in total. The molecule has 9 aromatic carbocycles. The maximum absolute atomic E-state index is 6.59. The van der Waals surface area contributed by atoms with Gasteiger partial charge in [-0.2, -0.15) is 0 Å². The van der Waals surface area contributed by atoms with Crippen LogP contribution in [0.15, 0.2) is 162 Å². The third kappa shape index (κ3) is 3.56. The summed E-state index contributed by atoms with van der Waals surface area (Å²) in [6.07, 6.45) is 0.